The molecule has 0 aromatic carbocycles. The molecule has 1 saturated carbocycles. The Morgan fingerprint density at radius 1 is 1.50 bits per heavy atom. The average molecular weight is 171 g/mol. The molecule has 1 fully saturated rings. The second-order valence-corrected chi connectivity index (χ2v) is 3.39. The normalized spacial score (nSPS) is 18.5. The van der Waals surface area contributed by atoms with Crippen LogP contribution in [0.5, 0.6) is 0 Å². The molecule has 1 N–H and O–H groups in total. The van der Waals surface area contributed by atoms with Crippen molar-refractivity contribution in [2.45, 2.75) is 33.1 Å². The average Bonchev–Trinajstić information content (AvgIpc) is 2.80. The minimum atomic E-state index is -0.630. The number of rotatable bonds is 4. The lowest BCUT2D eigenvalue weighted by Gasteiger charge is -2.10. The molecule has 1 rings (SSSR count). The molecule has 0 aliphatic heterocycles. The summed E-state index contributed by atoms with van der Waals surface area (Å²) < 4.78 is 0. The van der Waals surface area contributed by atoms with E-state index in [4.69, 9.17) is 0 Å². The smallest absolute Gasteiger partial charge is 0.233 e. The third-order valence-corrected chi connectivity index (χ3v) is 2.39. The summed E-state index contributed by atoms with van der Waals surface area (Å²) in [7, 11) is 0. The van der Waals surface area contributed by atoms with Crippen LogP contribution in [0.2, 0.25) is 0 Å². The molecule has 0 unspecified atom stereocenters. The van der Waals surface area contributed by atoms with Gasteiger partial charge in [-0.05, 0) is 26.2 Å². The highest BCUT2D eigenvalue weighted by molar-refractivity contribution is 6.07. The van der Waals surface area contributed by atoms with Gasteiger partial charge in [-0.2, -0.15) is 0 Å². The fraction of sp³-hybridized carbons (Fsp3) is 0.778. The Kier molecular flexibility index (Phi) is 2.50. The second kappa shape index (κ2) is 3.25. The number of hydrogen-bond acceptors (Lipinski definition) is 2. The summed E-state index contributed by atoms with van der Waals surface area (Å²) in [4.78, 5) is 22.5. The van der Waals surface area contributed by atoms with Crippen LogP contribution in [-0.4, -0.2) is 18.2 Å². The number of carbonyl (C=O) groups excluding carboxylic acids is 2. The molecule has 0 aromatic rings. The van der Waals surface area contributed by atoms with E-state index in [1.165, 1.54) is 6.92 Å². The number of hydrogen-bond donors (Lipinski definition) is 1. The summed E-state index contributed by atoms with van der Waals surface area (Å²) in [5.41, 5.74) is -0.630. The molecule has 0 saturated heterocycles. The fourth-order valence-electron chi connectivity index (χ4n) is 1.27. The number of amides is 1. The lowest BCUT2D eigenvalue weighted by Crippen LogP contribution is -2.36. The van der Waals surface area contributed by atoms with Crippen LogP contribution in [0.3, 0.4) is 0 Å². The van der Waals surface area contributed by atoms with Crippen LogP contribution in [0.4, 0.5) is 0 Å². The van der Waals surface area contributed by atoms with Crippen LogP contribution in [0.15, 0.2) is 0 Å². The van der Waals surface area contributed by atoms with E-state index in [-0.39, 0.29) is 13.1 Å². The van der Waals surface area contributed by atoms with Gasteiger partial charge in [0.15, 0.2) is 0 Å². The van der Waals surface area contributed by atoms with Gasteiger partial charge in [0.25, 0.3) is 0 Å². The van der Waals surface area contributed by atoms with Crippen molar-refractivity contribution in [1.82, 2.24) is 5.32 Å². The van der Waals surface area contributed by atoms with Gasteiger partial charge in [0, 0.05) is 7.97 Å². The van der Waals surface area contributed by atoms with Crippen LogP contribution in [0.25, 0.3) is 0 Å². The Bertz CT molecular complexity index is 212. The van der Waals surface area contributed by atoms with E-state index in [9.17, 15) is 9.59 Å². The van der Waals surface area contributed by atoms with E-state index in [1.54, 1.807) is 0 Å². The van der Waals surface area contributed by atoms with Crippen molar-refractivity contribution in [2.75, 3.05) is 6.54 Å². The predicted molar refractivity (Wildman–Crippen MR) is 47.8 cm³/mol. The van der Waals surface area contributed by atoms with Crippen molar-refractivity contribution in [3.05, 3.63) is 0 Å². The molecule has 1 amide bonds. The fourth-order valence-corrected chi connectivity index (χ4v) is 1.27. The van der Waals surface area contributed by atoms with Crippen molar-refractivity contribution in [3.8, 4) is 0 Å². The highest BCUT2D eigenvalue weighted by Crippen LogP contribution is 2.46. The van der Waals surface area contributed by atoms with Gasteiger partial charge in [-0.3, -0.25) is 9.59 Å². The molecule has 0 heterocycles. The molecule has 0 spiro atoms. The number of ketones is 1. The van der Waals surface area contributed by atoms with Crippen molar-refractivity contribution in [3.63, 3.8) is 0 Å². The molecule has 1 aliphatic carbocycles. The minimum Gasteiger partial charge on any atom is -0.355 e. The predicted octanol–water partition coefficient (Wildman–Crippen LogP) is 1.13. The lowest BCUT2D eigenvalue weighted by atomic mass is 10.0. The van der Waals surface area contributed by atoms with Gasteiger partial charge in [-0.15, -0.1) is 0 Å². The van der Waals surface area contributed by atoms with Crippen LogP contribution in [0, 0.1) is 5.41 Å². The second-order valence-electron chi connectivity index (χ2n) is 3.39. The highest BCUT2D eigenvalue weighted by Gasteiger charge is 2.53. The van der Waals surface area contributed by atoms with Gasteiger partial charge in [-0.25, -0.2) is 0 Å². The van der Waals surface area contributed by atoms with E-state index in [0.29, 0.717) is 6.54 Å². The quantitative estimate of drug-likeness (QED) is 0.644. The van der Waals surface area contributed by atoms with Crippen LogP contribution in [0.1, 0.15) is 34.5 Å². The Hall–Kier alpha value is -0.860. The maximum Gasteiger partial charge on any atom is 0.233 e. The van der Waals surface area contributed by atoms with Gasteiger partial charge in [0.05, 0.1) is 0 Å². The van der Waals surface area contributed by atoms with Crippen LogP contribution < -0.4 is 5.32 Å². The zero-order valence-corrected chi connectivity index (χ0v) is 7.64. The molecular weight excluding hydrogens is 154 g/mol. The summed E-state index contributed by atoms with van der Waals surface area (Å²) in [5.74, 6) is -0.0621. The Labute approximate surface area is 74.0 Å². The first-order valence-electron chi connectivity index (χ1n) is 4.43. The van der Waals surface area contributed by atoms with Crippen molar-refractivity contribution in [2.24, 2.45) is 5.41 Å². The summed E-state index contributed by atoms with van der Waals surface area (Å²) >= 11 is 0. The Balaban J connectivity index is 0.00000144. The topological polar surface area (TPSA) is 46.2 Å². The van der Waals surface area contributed by atoms with Gasteiger partial charge in [0.2, 0.25) is 5.91 Å². The monoisotopic (exact) mass is 171 g/mol. The van der Waals surface area contributed by atoms with Crippen molar-refractivity contribution < 1.29 is 11.0 Å². The van der Waals surface area contributed by atoms with Crippen molar-refractivity contribution in [1.29, 1.82) is 0 Å². The maximum atomic E-state index is 11.4. The van der Waals surface area contributed by atoms with Gasteiger partial charge < -0.3 is 5.32 Å². The zero-order chi connectivity index (χ0) is 9.19. The summed E-state index contributed by atoms with van der Waals surface area (Å²) in [6, 6.07) is 0. The first kappa shape index (κ1) is 9.23. The van der Waals surface area contributed by atoms with E-state index >= 15 is 0 Å². The standard InChI is InChI=1S/C9H15NO2.H2/c1-3-6-10-8(12)9(4-5-9)7(2)11;/h3-6H2,1-2H3,(H,10,12);1H. The Morgan fingerprint density at radius 3 is 2.42 bits per heavy atom. The van der Waals surface area contributed by atoms with E-state index < -0.39 is 5.41 Å². The molecule has 12 heavy (non-hydrogen) atoms. The molecule has 3 heteroatoms. The maximum absolute atomic E-state index is 11.4. The van der Waals surface area contributed by atoms with E-state index in [2.05, 4.69) is 5.32 Å². The lowest BCUT2D eigenvalue weighted by molar-refractivity contribution is -0.134. The largest absolute Gasteiger partial charge is 0.355 e. The highest BCUT2D eigenvalue weighted by atomic mass is 16.2. The van der Waals surface area contributed by atoms with Gasteiger partial charge in [-0.1, -0.05) is 6.92 Å². The zero-order valence-electron chi connectivity index (χ0n) is 7.64. The van der Waals surface area contributed by atoms with E-state index in [1.807, 2.05) is 6.92 Å². The first-order chi connectivity index (χ1) is 5.63. The van der Waals surface area contributed by atoms with Crippen molar-refractivity contribution >= 4 is 11.7 Å². The van der Waals surface area contributed by atoms with Crippen LogP contribution in [-0.2, 0) is 9.59 Å². The molecule has 0 aromatic heterocycles. The van der Waals surface area contributed by atoms with Crippen LogP contribution >= 0.6 is 0 Å². The summed E-state index contributed by atoms with van der Waals surface area (Å²) in [6.07, 6.45) is 2.38. The number of nitrogens with one attached hydrogen (secondary N) is 1. The van der Waals surface area contributed by atoms with E-state index in [0.717, 1.165) is 19.3 Å². The number of carbonyl (C=O) groups is 2. The number of Topliss-reactive ketones (excluding diaryl/α,β-unsaturated/α-hetero) is 1. The molecule has 0 bridgehead atoms. The molecule has 1 aliphatic rings. The summed E-state index contributed by atoms with van der Waals surface area (Å²) in [6.45, 7) is 4.17. The molecule has 3 nitrogen and oxygen atoms in total. The molecule has 0 radical (unpaired) electrons. The summed E-state index contributed by atoms with van der Waals surface area (Å²) in [5, 5.41) is 2.76. The SMILES string of the molecule is CCCNC(=O)C1(C(C)=O)CC1.[HH]. The minimum absolute atomic E-state index is 0. The third kappa shape index (κ3) is 1.49. The first-order valence-corrected chi connectivity index (χ1v) is 4.43. The Morgan fingerprint density at radius 2 is 2.08 bits per heavy atom. The van der Waals surface area contributed by atoms with Gasteiger partial charge in [0.1, 0.15) is 11.2 Å². The third-order valence-electron chi connectivity index (χ3n) is 2.39. The molecular formula is C9H17NO2. The molecule has 0 atom stereocenters. The van der Waals surface area contributed by atoms with Gasteiger partial charge >= 0.3 is 0 Å². The molecule has 70 valence electrons.